The van der Waals surface area contributed by atoms with Gasteiger partial charge in [0.15, 0.2) is 11.9 Å². The van der Waals surface area contributed by atoms with Crippen LogP contribution < -0.4 is 19.7 Å². The van der Waals surface area contributed by atoms with Gasteiger partial charge in [-0.25, -0.2) is 13.2 Å². The third kappa shape index (κ3) is 15.2. The Morgan fingerprint density at radius 3 is 1.84 bits per heavy atom. The molecule has 0 aliphatic carbocycles. The fraction of sp³-hybridized carbons (Fsp3) is 0.283. The molecule has 1 heterocycles. The second-order valence-electron chi connectivity index (χ2n) is 19.2. The number of hydrogen-bond acceptors (Lipinski definition) is 13. The topological polar surface area (TPSA) is 248 Å². The van der Waals surface area contributed by atoms with Crippen molar-refractivity contribution in [3.05, 3.63) is 214 Å². The normalized spacial score (nSPS) is 15.1. The molecule has 5 N–H and O–H groups in total. The predicted molar refractivity (Wildman–Crippen MR) is 294 cm³/mol. The molecule has 6 aromatic carbocycles. The second kappa shape index (κ2) is 26.7. The largest absolute Gasteiger partial charge is 0.497 e. The number of carboxylic acid groups (broad SMARTS) is 1. The number of methoxy groups -OCH3 is 1. The van der Waals surface area contributed by atoms with Crippen LogP contribution >= 0.6 is 0 Å². The van der Waals surface area contributed by atoms with Gasteiger partial charge in [0.2, 0.25) is 21.7 Å². The minimum absolute atomic E-state index is 0.000959. The number of aliphatic hydroxyl groups excluding tert-OH is 2. The summed E-state index contributed by atoms with van der Waals surface area (Å²) in [4.78, 5) is 72.8. The van der Waals surface area contributed by atoms with Crippen LogP contribution in [0.15, 0.2) is 175 Å². The number of carboxylic acids is 1. The molecule has 79 heavy (non-hydrogen) atoms. The molecule has 7 rings (SSSR count). The van der Waals surface area contributed by atoms with Crippen molar-refractivity contribution >= 4 is 45.4 Å². The van der Waals surface area contributed by atoms with Gasteiger partial charge >= 0.3 is 11.9 Å². The van der Waals surface area contributed by atoms with E-state index in [2.05, 4.69) is 10.6 Å². The SMILES string of the molecule is COc1cccc(CN(C[C@@H](O)[C@H](Cc2ccccc2)NC(=O)c2cc(C(=O)N[C@H](C)c3ccccc3)cc(N(C)S(C)(=O)=O)c2)C(=O)CC(CCO)(C(=O)O)C2OC(=O)C(OCc3ccccc3)=C2OCc2ccccc2)c1. The van der Waals surface area contributed by atoms with E-state index < -0.39 is 101 Å². The highest BCUT2D eigenvalue weighted by Gasteiger charge is 2.57. The Labute approximate surface area is 459 Å². The van der Waals surface area contributed by atoms with Gasteiger partial charge in [0.05, 0.1) is 37.2 Å². The maximum Gasteiger partial charge on any atom is 0.378 e. The molecule has 0 saturated carbocycles. The van der Waals surface area contributed by atoms with Gasteiger partial charge in [-0.05, 0) is 77.9 Å². The fourth-order valence-corrected chi connectivity index (χ4v) is 9.56. The number of rotatable bonds is 27. The summed E-state index contributed by atoms with van der Waals surface area (Å²) in [6, 6.07) is 44.7. The molecule has 3 amide bonds. The number of aliphatic carboxylic acids is 1. The molecule has 0 bridgehead atoms. The summed E-state index contributed by atoms with van der Waals surface area (Å²) in [5.74, 6) is -5.21. The number of hydrogen-bond donors (Lipinski definition) is 5. The van der Waals surface area contributed by atoms with Crippen molar-refractivity contribution < 1.29 is 66.7 Å². The first-order valence-electron chi connectivity index (χ1n) is 25.4. The van der Waals surface area contributed by atoms with Gasteiger partial charge in [0.1, 0.15) is 24.4 Å². The summed E-state index contributed by atoms with van der Waals surface area (Å²) in [6.07, 6.45) is -3.98. The number of nitrogens with one attached hydrogen (secondary N) is 2. The number of cyclic esters (lactones) is 1. The van der Waals surface area contributed by atoms with E-state index in [0.29, 0.717) is 28.0 Å². The Balaban J connectivity index is 1.24. The molecule has 0 spiro atoms. The minimum atomic E-state index is -3.91. The second-order valence-corrected chi connectivity index (χ2v) is 21.2. The maximum atomic E-state index is 15.3. The molecule has 0 aromatic heterocycles. The highest BCUT2D eigenvalue weighted by atomic mass is 32.2. The van der Waals surface area contributed by atoms with Crippen LogP contribution in [0.3, 0.4) is 0 Å². The van der Waals surface area contributed by atoms with Gasteiger partial charge in [-0.15, -0.1) is 0 Å². The van der Waals surface area contributed by atoms with Crippen LogP contribution in [0.25, 0.3) is 0 Å². The lowest BCUT2D eigenvalue weighted by atomic mass is 9.74. The van der Waals surface area contributed by atoms with Gasteiger partial charge in [0, 0.05) is 44.3 Å². The Bertz CT molecular complexity index is 3220. The van der Waals surface area contributed by atoms with E-state index in [1.165, 1.54) is 37.3 Å². The molecule has 0 saturated heterocycles. The lowest BCUT2D eigenvalue weighted by Crippen LogP contribution is -2.52. The molecule has 414 valence electrons. The lowest BCUT2D eigenvalue weighted by molar-refractivity contribution is -0.170. The number of nitrogens with zero attached hydrogens (tertiary/aromatic N) is 2. The van der Waals surface area contributed by atoms with E-state index in [0.717, 1.165) is 16.1 Å². The molecule has 1 aliphatic rings. The molecule has 6 aromatic rings. The number of carbonyl (C=O) groups is 5. The monoisotopic (exact) mass is 1100 g/mol. The molecule has 1 aliphatic heterocycles. The van der Waals surface area contributed by atoms with Gasteiger partial charge in [-0.2, -0.15) is 0 Å². The first kappa shape index (κ1) is 58.2. The summed E-state index contributed by atoms with van der Waals surface area (Å²) in [5, 5.41) is 40.2. The van der Waals surface area contributed by atoms with Gasteiger partial charge in [-0.3, -0.25) is 23.5 Å². The van der Waals surface area contributed by atoms with Crippen LogP contribution in [0.5, 0.6) is 5.75 Å². The standard InChI is InChI=1S/C60H64N4O14S/c1-40(45-25-15-8-16-26-45)61-56(68)46-32-47(34-48(33-46)63(2)79(4,73)74)57(69)62-50(31-41-18-9-5-10-19-41)51(66)37-64(36-44-24-17-27-49(30-44)75-3)52(67)35-60(28-29-65,59(71)72)55-53(76-38-42-20-11-6-12-21-42)54(58(70)78-55)77-39-43-22-13-7-14-23-43/h5-27,30,32-34,40,50-51,55,65-66H,28-29,31,35-39H2,1-4H3,(H,61,68)(H,62,69)(H,71,72)/t40-,50+,51-,55?,60?/m1/s1. The number of amides is 3. The Morgan fingerprint density at radius 2 is 1.28 bits per heavy atom. The minimum Gasteiger partial charge on any atom is -0.497 e. The van der Waals surface area contributed by atoms with Crippen molar-refractivity contribution in [2.24, 2.45) is 5.41 Å². The van der Waals surface area contributed by atoms with Crippen LogP contribution in [0.2, 0.25) is 0 Å². The number of ether oxygens (including phenoxy) is 4. The zero-order valence-corrected chi connectivity index (χ0v) is 45.0. The number of carbonyl (C=O) groups excluding carboxylic acids is 4. The van der Waals surface area contributed by atoms with Crippen molar-refractivity contribution in [3.8, 4) is 5.75 Å². The van der Waals surface area contributed by atoms with Gasteiger partial charge in [0.25, 0.3) is 11.8 Å². The predicted octanol–water partition coefficient (Wildman–Crippen LogP) is 6.73. The molecule has 2 unspecified atom stereocenters. The van der Waals surface area contributed by atoms with Crippen molar-refractivity contribution in [2.75, 3.05) is 37.9 Å². The first-order chi connectivity index (χ1) is 37.9. The summed E-state index contributed by atoms with van der Waals surface area (Å²) in [7, 11) is -1.17. The molecule has 0 radical (unpaired) electrons. The van der Waals surface area contributed by atoms with Crippen LogP contribution in [-0.4, -0.2) is 110 Å². The van der Waals surface area contributed by atoms with Crippen molar-refractivity contribution in [2.45, 2.75) is 70.2 Å². The first-order valence-corrected chi connectivity index (χ1v) is 27.2. The third-order valence-electron chi connectivity index (χ3n) is 13.6. The number of aliphatic hydroxyl groups is 2. The summed E-state index contributed by atoms with van der Waals surface area (Å²) in [6.45, 7) is -0.0638. The van der Waals surface area contributed by atoms with E-state index in [1.807, 2.05) is 30.3 Å². The zero-order valence-electron chi connectivity index (χ0n) is 44.2. The van der Waals surface area contributed by atoms with E-state index in [-0.39, 0.29) is 48.8 Å². The third-order valence-corrected chi connectivity index (χ3v) is 14.8. The molecule has 5 atom stereocenters. The summed E-state index contributed by atoms with van der Waals surface area (Å²) >= 11 is 0. The number of sulfonamides is 1. The van der Waals surface area contributed by atoms with Crippen molar-refractivity contribution in [1.29, 1.82) is 0 Å². The highest BCUT2D eigenvalue weighted by molar-refractivity contribution is 7.92. The summed E-state index contributed by atoms with van der Waals surface area (Å²) < 4.78 is 50.2. The smallest absolute Gasteiger partial charge is 0.378 e. The van der Waals surface area contributed by atoms with E-state index in [4.69, 9.17) is 18.9 Å². The van der Waals surface area contributed by atoms with Gasteiger partial charge < -0.3 is 49.8 Å². The fourth-order valence-electron chi connectivity index (χ4n) is 9.08. The van der Waals surface area contributed by atoms with E-state index in [9.17, 15) is 42.9 Å². The van der Waals surface area contributed by atoms with Crippen LogP contribution in [-0.2, 0) is 64.8 Å². The highest BCUT2D eigenvalue weighted by Crippen LogP contribution is 2.44. The van der Waals surface area contributed by atoms with Crippen LogP contribution in [0.4, 0.5) is 5.69 Å². The zero-order chi connectivity index (χ0) is 56.7. The lowest BCUT2D eigenvalue weighted by Gasteiger charge is -2.36. The average Bonchev–Trinajstić information content (AvgIpc) is 3.87. The van der Waals surface area contributed by atoms with Crippen LogP contribution in [0, 0.1) is 5.41 Å². The molecule has 0 fully saturated rings. The Kier molecular flexibility index (Phi) is 19.7. The molecular weight excluding hydrogens is 1030 g/mol. The van der Waals surface area contributed by atoms with Crippen LogP contribution in [0.1, 0.15) is 74.3 Å². The number of anilines is 1. The van der Waals surface area contributed by atoms with E-state index in [1.54, 1.807) is 122 Å². The quantitative estimate of drug-likeness (QED) is 0.0336. The van der Waals surface area contributed by atoms with Gasteiger partial charge in [-0.1, -0.05) is 133 Å². The van der Waals surface area contributed by atoms with Crippen molar-refractivity contribution in [1.82, 2.24) is 15.5 Å². The number of benzene rings is 6. The number of esters is 1. The average molecular weight is 1100 g/mol. The van der Waals surface area contributed by atoms with Crippen molar-refractivity contribution in [3.63, 3.8) is 0 Å². The maximum absolute atomic E-state index is 15.3. The Morgan fingerprint density at radius 1 is 0.734 bits per heavy atom. The molecule has 18 nitrogen and oxygen atoms in total. The molecule has 19 heteroatoms. The Hall–Kier alpha value is -8.52. The van der Waals surface area contributed by atoms with E-state index >= 15 is 4.79 Å². The molecular formula is C60H64N4O14S. The summed E-state index contributed by atoms with van der Waals surface area (Å²) in [5.41, 5.74) is 0.721.